The topological polar surface area (TPSA) is 50.4 Å². The third-order valence-corrected chi connectivity index (χ3v) is 4.15. The van der Waals surface area contributed by atoms with Gasteiger partial charge < -0.3 is 11.1 Å². The third-order valence-electron chi connectivity index (χ3n) is 2.20. The van der Waals surface area contributed by atoms with Gasteiger partial charge in [0.1, 0.15) is 0 Å². The minimum Gasteiger partial charge on any atom is -0.370 e. The first-order valence-electron chi connectivity index (χ1n) is 5.05. The van der Waals surface area contributed by atoms with Gasteiger partial charge in [0.15, 0.2) is 5.96 Å². The van der Waals surface area contributed by atoms with Crippen molar-refractivity contribution < 1.29 is 0 Å². The molecule has 0 radical (unpaired) electrons. The zero-order valence-electron chi connectivity index (χ0n) is 8.37. The summed E-state index contributed by atoms with van der Waals surface area (Å²) >= 11 is 4.16. The Hall–Kier alpha value is -0.300. The first-order valence-corrected chi connectivity index (χ1v) is 6.94. The van der Waals surface area contributed by atoms with Crippen molar-refractivity contribution in [1.29, 1.82) is 0 Å². The van der Waals surface area contributed by atoms with Gasteiger partial charge in [-0.15, -0.1) is 11.3 Å². The normalized spacial score (nSPS) is 16.7. The quantitative estimate of drug-likeness (QED) is 0.502. The minimum absolute atomic E-state index is 0.594. The number of guanidine groups is 1. The molecule has 1 aromatic rings. The summed E-state index contributed by atoms with van der Waals surface area (Å²) in [5.41, 5.74) is 5.72. The lowest BCUT2D eigenvalue weighted by Crippen LogP contribution is -2.33. The van der Waals surface area contributed by atoms with E-state index in [1.807, 2.05) is 11.3 Å². The maximum atomic E-state index is 5.72. The molecule has 82 valence electrons. The van der Waals surface area contributed by atoms with E-state index in [-0.39, 0.29) is 0 Å². The molecule has 0 bridgehead atoms. The first-order chi connectivity index (χ1) is 7.24. The second-order valence-electron chi connectivity index (χ2n) is 3.64. The van der Waals surface area contributed by atoms with E-state index in [0.29, 0.717) is 12.0 Å². The van der Waals surface area contributed by atoms with Crippen LogP contribution in [0.3, 0.4) is 0 Å². The molecule has 1 saturated carbocycles. The summed E-state index contributed by atoms with van der Waals surface area (Å²) in [7, 11) is 0. The van der Waals surface area contributed by atoms with Crippen molar-refractivity contribution in [1.82, 2.24) is 5.32 Å². The Balaban J connectivity index is 1.72. The molecule has 0 unspecified atom stereocenters. The molecular formula is C10H14IN3S. The summed E-state index contributed by atoms with van der Waals surface area (Å²) in [6.45, 7) is 0.780. The Morgan fingerprint density at radius 3 is 3.00 bits per heavy atom. The largest absolute Gasteiger partial charge is 0.370 e. The average Bonchev–Trinajstić information content (AvgIpc) is 2.89. The van der Waals surface area contributed by atoms with Crippen LogP contribution in [0.4, 0.5) is 0 Å². The highest BCUT2D eigenvalue weighted by atomic mass is 127. The van der Waals surface area contributed by atoms with Crippen molar-refractivity contribution >= 4 is 39.9 Å². The van der Waals surface area contributed by atoms with Crippen LogP contribution in [0.25, 0.3) is 0 Å². The van der Waals surface area contributed by atoms with E-state index in [1.165, 1.54) is 20.6 Å². The lowest BCUT2D eigenvalue weighted by molar-refractivity contribution is 0.873. The Morgan fingerprint density at radius 1 is 1.60 bits per heavy atom. The summed E-state index contributed by atoms with van der Waals surface area (Å²) in [6.07, 6.45) is 3.46. The first kappa shape index (κ1) is 11.2. The van der Waals surface area contributed by atoms with E-state index in [9.17, 15) is 0 Å². The van der Waals surface area contributed by atoms with Crippen molar-refractivity contribution in [3.05, 3.63) is 19.9 Å². The number of nitrogens with one attached hydrogen (secondary N) is 1. The molecule has 0 amide bonds. The van der Waals surface area contributed by atoms with E-state index < -0.39 is 0 Å². The SMILES string of the molecule is NC(=NCCc1ccc(I)s1)NC1CC1. The summed E-state index contributed by atoms with van der Waals surface area (Å²) in [6, 6.07) is 4.89. The molecule has 0 saturated heterocycles. The second kappa shape index (κ2) is 5.16. The van der Waals surface area contributed by atoms with E-state index >= 15 is 0 Å². The molecule has 3 nitrogen and oxygen atoms in total. The van der Waals surface area contributed by atoms with Gasteiger partial charge in [-0.05, 0) is 47.6 Å². The lowest BCUT2D eigenvalue weighted by atomic mass is 10.3. The van der Waals surface area contributed by atoms with E-state index in [1.54, 1.807) is 0 Å². The van der Waals surface area contributed by atoms with Crippen LogP contribution in [0.2, 0.25) is 0 Å². The molecule has 1 fully saturated rings. The fourth-order valence-electron chi connectivity index (χ4n) is 1.26. The Bertz CT molecular complexity index is 357. The maximum absolute atomic E-state index is 5.72. The van der Waals surface area contributed by atoms with Crippen molar-refractivity contribution in [3.63, 3.8) is 0 Å². The second-order valence-corrected chi connectivity index (χ2v) is 6.70. The van der Waals surface area contributed by atoms with Gasteiger partial charge >= 0.3 is 0 Å². The van der Waals surface area contributed by atoms with E-state index in [4.69, 9.17) is 5.73 Å². The van der Waals surface area contributed by atoms with E-state index in [0.717, 1.165) is 13.0 Å². The smallest absolute Gasteiger partial charge is 0.188 e. The molecule has 3 N–H and O–H groups in total. The third kappa shape index (κ3) is 3.98. The van der Waals surface area contributed by atoms with Crippen molar-refractivity contribution in [2.45, 2.75) is 25.3 Å². The molecule has 1 aliphatic rings. The number of nitrogens with two attached hydrogens (primary N) is 1. The van der Waals surface area contributed by atoms with Gasteiger partial charge in [0, 0.05) is 23.9 Å². The van der Waals surface area contributed by atoms with Gasteiger partial charge in [-0.3, -0.25) is 4.99 Å². The minimum atomic E-state index is 0.594. The summed E-state index contributed by atoms with van der Waals surface area (Å²) in [5.74, 6) is 0.601. The van der Waals surface area contributed by atoms with Crippen molar-refractivity contribution in [3.8, 4) is 0 Å². The highest BCUT2D eigenvalue weighted by molar-refractivity contribution is 14.1. The van der Waals surface area contributed by atoms with Crippen molar-refractivity contribution in [2.75, 3.05) is 6.54 Å². The van der Waals surface area contributed by atoms with Gasteiger partial charge in [0.25, 0.3) is 0 Å². The summed E-state index contributed by atoms with van der Waals surface area (Å²) in [5, 5.41) is 3.17. The van der Waals surface area contributed by atoms with Crippen LogP contribution in [-0.4, -0.2) is 18.5 Å². The van der Waals surface area contributed by atoms with Crippen LogP contribution in [0.1, 0.15) is 17.7 Å². The molecular weight excluding hydrogens is 321 g/mol. The van der Waals surface area contributed by atoms with Crippen LogP contribution in [0, 0.1) is 2.88 Å². The Kier molecular flexibility index (Phi) is 3.85. The van der Waals surface area contributed by atoms with Gasteiger partial charge in [-0.2, -0.15) is 0 Å². The molecule has 15 heavy (non-hydrogen) atoms. The fourth-order valence-corrected chi connectivity index (χ4v) is 3.00. The number of aliphatic imine (C=N–C) groups is 1. The molecule has 0 aliphatic heterocycles. The average molecular weight is 335 g/mol. The molecule has 1 aromatic heterocycles. The van der Waals surface area contributed by atoms with Crippen LogP contribution in [0.15, 0.2) is 17.1 Å². The fraction of sp³-hybridized carbons (Fsp3) is 0.500. The lowest BCUT2D eigenvalue weighted by Gasteiger charge is -2.01. The monoisotopic (exact) mass is 335 g/mol. The number of thiophene rings is 1. The number of rotatable bonds is 4. The van der Waals surface area contributed by atoms with Crippen LogP contribution >= 0.6 is 33.9 Å². The summed E-state index contributed by atoms with van der Waals surface area (Å²) in [4.78, 5) is 5.67. The Labute approximate surface area is 107 Å². The van der Waals surface area contributed by atoms with Gasteiger partial charge in [-0.25, -0.2) is 0 Å². The zero-order chi connectivity index (χ0) is 10.7. The highest BCUT2D eigenvalue weighted by Crippen LogP contribution is 2.19. The van der Waals surface area contributed by atoms with Crippen LogP contribution < -0.4 is 11.1 Å². The molecule has 0 atom stereocenters. The standard InChI is InChI=1S/C10H14IN3S/c11-9-4-3-8(15-9)5-6-13-10(12)14-7-1-2-7/h3-4,7H,1-2,5-6H2,(H3,12,13,14). The van der Waals surface area contributed by atoms with Gasteiger partial charge in [-0.1, -0.05) is 0 Å². The number of halogens is 1. The maximum Gasteiger partial charge on any atom is 0.188 e. The van der Waals surface area contributed by atoms with Gasteiger partial charge in [0.2, 0.25) is 0 Å². The molecule has 2 rings (SSSR count). The molecule has 1 heterocycles. The summed E-state index contributed by atoms with van der Waals surface area (Å²) < 4.78 is 1.33. The van der Waals surface area contributed by atoms with E-state index in [2.05, 4.69) is 45.0 Å². The van der Waals surface area contributed by atoms with Crippen LogP contribution in [0.5, 0.6) is 0 Å². The van der Waals surface area contributed by atoms with Gasteiger partial charge in [0.05, 0.1) is 2.88 Å². The molecule has 0 spiro atoms. The number of hydrogen-bond donors (Lipinski definition) is 2. The predicted octanol–water partition coefficient (Wildman–Crippen LogP) is 1.96. The highest BCUT2D eigenvalue weighted by Gasteiger charge is 2.21. The Morgan fingerprint density at radius 2 is 2.40 bits per heavy atom. The number of hydrogen-bond acceptors (Lipinski definition) is 2. The molecule has 0 aromatic carbocycles. The number of nitrogens with zero attached hydrogens (tertiary/aromatic N) is 1. The molecule has 5 heteroatoms. The van der Waals surface area contributed by atoms with Crippen molar-refractivity contribution in [2.24, 2.45) is 10.7 Å². The zero-order valence-corrected chi connectivity index (χ0v) is 11.3. The molecule has 1 aliphatic carbocycles. The van der Waals surface area contributed by atoms with Crippen LogP contribution in [-0.2, 0) is 6.42 Å². The predicted molar refractivity (Wildman–Crippen MR) is 73.4 cm³/mol.